The van der Waals surface area contributed by atoms with E-state index in [0.717, 1.165) is 31.8 Å². The van der Waals surface area contributed by atoms with Crippen molar-refractivity contribution in [2.45, 2.75) is 16.3 Å². The minimum Gasteiger partial charge on any atom is -0.265 e. The highest BCUT2D eigenvalue weighted by Crippen LogP contribution is 2.39. The molecule has 0 aliphatic carbocycles. The summed E-state index contributed by atoms with van der Waals surface area (Å²) in [4.78, 5) is 24.8. The molecule has 1 aliphatic rings. The van der Waals surface area contributed by atoms with Gasteiger partial charge in [0.25, 0.3) is 5.91 Å². The number of nitrogens with one attached hydrogen (secondary N) is 1. The Hall–Kier alpha value is -2.64. The maximum absolute atomic E-state index is 12.9. The van der Waals surface area contributed by atoms with Gasteiger partial charge in [-0.2, -0.15) is 0 Å². The number of nitrogens with zero attached hydrogens (tertiary/aromatic N) is 2. The van der Waals surface area contributed by atoms with Crippen molar-refractivity contribution in [3.05, 3.63) is 88.4 Å². The maximum atomic E-state index is 12.9. The SMILES string of the molecule is CON(NCc1ccc(Cl)cc1)C(=O)c1ccc2c(c1)N=Cc1ccccc1S2. The molecule has 1 heterocycles. The van der Waals surface area contributed by atoms with Crippen molar-refractivity contribution in [2.75, 3.05) is 7.11 Å². The number of aliphatic imine (C=N–C) groups is 1. The summed E-state index contributed by atoms with van der Waals surface area (Å²) in [6, 6.07) is 20.9. The van der Waals surface area contributed by atoms with Crippen LogP contribution in [0, 0.1) is 0 Å². The number of hydrazine groups is 1. The van der Waals surface area contributed by atoms with Crippen molar-refractivity contribution >= 4 is 41.2 Å². The van der Waals surface area contributed by atoms with Gasteiger partial charge in [0.2, 0.25) is 0 Å². The molecule has 0 radical (unpaired) electrons. The lowest BCUT2D eigenvalue weighted by molar-refractivity contribution is -0.133. The van der Waals surface area contributed by atoms with Crippen molar-refractivity contribution < 1.29 is 9.63 Å². The molecule has 0 unspecified atom stereocenters. The van der Waals surface area contributed by atoms with Gasteiger partial charge in [-0.15, -0.1) is 5.17 Å². The topological polar surface area (TPSA) is 53.9 Å². The Morgan fingerprint density at radius 2 is 1.90 bits per heavy atom. The third-order valence-electron chi connectivity index (χ3n) is 4.39. The van der Waals surface area contributed by atoms with Crippen molar-refractivity contribution in [3.63, 3.8) is 0 Å². The van der Waals surface area contributed by atoms with Gasteiger partial charge in [0, 0.05) is 38.7 Å². The first kappa shape index (κ1) is 19.7. The van der Waals surface area contributed by atoms with Gasteiger partial charge in [-0.1, -0.05) is 53.7 Å². The smallest absolute Gasteiger partial charge is 0.265 e. The summed E-state index contributed by atoms with van der Waals surface area (Å²) in [6.45, 7) is 0.422. The number of fused-ring (bicyclic) bond motifs is 2. The average Bonchev–Trinajstić information content (AvgIpc) is 2.94. The van der Waals surface area contributed by atoms with E-state index in [1.165, 1.54) is 7.11 Å². The zero-order chi connectivity index (χ0) is 20.2. The molecule has 29 heavy (non-hydrogen) atoms. The molecule has 0 spiro atoms. The number of hydrogen-bond donors (Lipinski definition) is 1. The first-order chi connectivity index (χ1) is 14.1. The summed E-state index contributed by atoms with van der Waals surface area (Å²) < 4.78 is 0. The predicted octanol–water partition coefficient (Wildman–Crippen LogP) is 5.26. The predicted molar refractivity (Wildman–Crippen MR) is 116 cm³/mol. The van der Waals surface area contributed by atoms with Crippen LogP contribution >= 0.6 is 23.4 Å². The number of rotatable bonds is 5. The molecule has 0 saturated carbocycles. The summed E-state index contributed by atoms with van der Waals surface area (Å²) in [5.74, 6) is -0.300. The summed E-state index contributed by atoms with van der Waals surface area (Å²) in [6.07, 6.45) is 1.83. The first-order valence-corrected chi connectivity index (χ1v) is 10.1. The van der Waals surface area contributed by atoms with Crippen LogP contribution in [-0.2, 0) is 11.4 Å². The fourth-order valence-corrected chi connectivity index (χ4v) is 3.98. The van der Waals surface area contributed by atoms with Gasteiger partial charge in [-0.05, 0) is 42.0 Å². The molecule has 0 aromatic heterocycles. The molecule has 7 heteroatoms. The fraction of sp³-hybridized carbons (Fsp3) is 0.0909. The van der Waals surface area contributed by atoms with Crippen LogP contribution in [0.2, 0.25) is 5.02 Å². The van der Waals surface area contributed by atoms with Crippen LogP contribution < -0.4 is 5.43 Å². The number of halogens is 1. The molecular formula is C22H18ClN3O2S. The third-order valence-corrected chi connectivity index (χ3v) is 5.80. The molecule has 0 atom stereocenters. The number of hydrogen-bond acceptors (Lipinski definition) is 5. The summed E-state index contributed by atoms with van der Waals surface area (Å²) in [7, 11) is 1.45. The molecule has 3 aromatic rings. The normalized spacial score (nSPS) is 12.1. The minimum atomic E-state index is -0.300. The number of hydroxylamine groups is 1. The van der Waals surface area contributed by atoms with Gasteiger partial charge in [0.15, 0.2) is 0 Å². The molecule has 1 aliphatic heterocycles. The second kappa shape index (κ2) is 8.80. The largest absolute Gasteiger partial charge is 0.292 e. The zero-order valence-electron chi connectivity index (χ0n) is 15.6. The van der Waals surface area contributed by atoms with Gasteiger partial charge in [0.1, 0.15) is 0 Å². The number of benzene rings is 3. The van der Waals surface area contributed by atoms with Crippen LogP contribution in [0.3, 0.4) is 0 Å². The molecule has 0 saturated heterocycles. The second-order valence-corrected chi connectivity index (χ2v) is 7.84. The molecular weight excluding hydrogens is 406 g/mol. The van der Waals surface area contributed by atoms with E-state index < -0.39 is 0 Å². The Morgan fingerprint density at radius 1 is 1.10 bits per heavy atom. The Kier molecular flexibility index (Phi) is 5.97. The molecule has 0 fully saturated rings. The van der Waals surface area contributed by atoms with E-state index in [2.05, 4.69) is 16.5 Å². The monoisotopic (exact) mass is 423 g/mol. The quantitative estimate of drug-likeness (QED) is 0.444. The van der Waals surface area contributed by atoms with Crippen LogP contribution in [0.5, 0.6) is 0 Å². The Morgan fingerprint density at radius 3 is 2.69 bits per heavy atom. The van der Waals surface area contributed by atoms with Crippen molar-refractivity contribution in [1.29, 1.82) is 0 Å². The molecule has 146 valence electrons. The summed E-state index contributed by atoms with van der Waals surface area (Å²) >= 11 is 7.55. The van der Waals surface area contributed by atoms with E-state index in [9.17, 15) is 4.79 Å². The van der Waals surface area contributed by atoms with Crippen LogP contribution in [0.1, 0.15) is 21.5 Å². The highest BCUT2D eigenvalue weighted by atomic mass is 35.5. The second-order valence-electron chi connectivity index (χ2n) is 6.32. The van der Waals surface area contributed by atoms with Crippen LogP contribution in [0.25, 0.3) is 0 Å². The number of amides is 1. The summed E-state index contributed by atoms with van der Waals surface area (Å²) in [5.41, 5.74) is 6.26. The molecule has 1 amide bonds. The standard InChI is InChI=1S/C22H18ClN3O2S/c1-28-26(25-13-15-6-9-18(23)10-7-15)22(27)16-8-11-21-19(12-16)24-14-17-4-2-3-5-20(17)29-21/h2-12,14,25H,13H2,1H3. The molecule has 4 rings (SSSR count). The Labute approximate surface area is 178 Å². The van der Waals surface area contributed by atoms with E-state index in [4.69, 9.17) is 16.4 Å². The zero-order valence-corrected chi connectivity index (χ0v) is 17.2. The molecule has 5 nitrogen and oxygen atoms in total. The van der Waals surface area contributed by atoms with Crippen LogP contribution in [-0.4, -0.2) is 24.4 Å². The Bertz CT molecular complexity index is 1070. The minimum absolute atomic E-state index is 0.300. The van der Waals surface area contributed by atoms with Gasteiger partial charge in [0.05, 0.1) is 12.8 Å². The van der Waals surface area contributed by atoms with Crippen molar-refractivity contribution in [3.8, 4) is 0 Å². The average molecular weight is 424 g/mol. The van der Waals surface area contributed by atoms with Crippen molar-refractivity contribution in [2.24, 2.45) is 4.99 Å². The lowest BCUT2D eigenvalue weighted by Gasteiger charge is -2.20. The van der Waals surface area contributed by atoms with Gasteiger partial charge < -0.3 is 0 Å². The first-order valence-electron chi connectivity index (χ1n) is 8.95. The lowest BCUT2D eigenvalue weighted by Crippen LogP contribution is -2.41. The number of carbonyl (C=O) groups excluding carboxylic acids is 1. The highest BCUT2D eigenvalue weighted by Gasteiger charge is 2.19. The third kappa shape index (κ3) is 4.52. The highest BCUT2D eigenvalue weighted by molar-refractivity contribution is 7.99. The van der Waals surface area contributed by atoms with E-state index >= 15 is 0 Å². The molecule has 1 N–H and O–H groups in total. The van der Waals surface area contributed by atoms with Crippen molar-refractivity contribution in [1.82, 2.24) is 10.6 Å². The Balaban J connectivity index is 1.51. The van der Waals surface area contributed by atoms with E-state index in [1.54, 1.807) is 36.0 Å². The van der Waals surface area contributed by atoms with Gasteiger partial charge in [-0.25, -0.2) is 5.43 Å². The van der Waals surface area contributed by atoms with Gasteiger partial charge >= 0.3 is 0 Å². The maximum Gasteiger partial charge on any atom is 0.292 e. The molecule has 0 bridgehead atoms. The van der Waals surface area contributed by atoms with E-state index in [0.29, 0.717) is 17.1 Å². The van der Waals surface area contributed by atoms with Gasteiger partial charge in [-0.3, -0.25) is 14.6 Å². The molecule has 3 aromatic carbocycles. The fourth-order valence-electron chi connectivity index (χ4n) is 2.88. The van der Waals surface area contributed by atoms with E-state index in [-0.39, 0.29) is 5.91 Å². The van der Waals surface area contributed by atoms with Crippen LogP contribution in [0.15, 0.2) is 81.5 Å². The summed E-state index contributed by atoms with van der Waals surface area (Å²) in [5, 5.41) is 1.79. The van der Waals surface area contributed by atoms with Crippen LogP contribution in [0.4, 0.5) is 5.69 Å². The van der Waals surface area contributed by atoms with E-state index in [1.807, 2.05) is 42.6 Å². The lowest BCUT2D eigenvalue weighted by atomic mass is 10.2. The number of carbonyl (C=O) groups is 1.